The van der Waals surface area contributed by atoms with Crippen LogP contribution in [0.3, 0.4) is 0 Å². The fourth-order valence-electron chi connectivity index (χ4n) is 1.71. The first kappa shape index (κ1) is 15.7. The van der Waals surface area contributed by atoms with Crippen molar-refractivity contribution in [1.29, 1.82) is 0 Å². The van der Waals surface area contributed by atoms with Gasteiger partial charge in [0.2, 0.25) is 5.91 Å². The predicted molar refractivity (Wildman–Crippen MR) is 76.4 cm³/mol. The average Bonchev–Trinajstić information content (AvgIpc) is 2.73. The lowest BCUT2D eigenvalue weighted by Crippen LogP contribution is -2.39. The van der Waals surface area contributed by atoms with Crippen LogP contribution in [0.2, 0.25) is 0 Å². The Hall–Kier alpha value is -1.36. The summed E-state index contributed by atoms with van der Waals surface area (Å²) in [6, 6.07) is 3.83. The molecule has 0 aliphatic heterocycles. The molecule has 4 nitrogen and oxygen atoms in total. The lowest BCUT2D eigenvalue weighted by Gasteiger charge is -2.17. The maximum absolute atomic E-state index is 11.7. The Bertz CT molecular complexity index is 442. The normalized spacial score (nSPS) is 13.8. The number of aliphatic carboxylic acids is 1. The molecule has 1 heterocycles. The van der Waals surface area contributed by atoms with E-state index in [9.17, 15) is 9.59 Å². The standard InChI is InChI=1S/C14H21NO3S/c1-9-7-8-12(19-9)5-4-6-13(16)15-11(3)10(2)14(17)18/h7-8,10-11H,4-6H2,1-3H3,(H,15,16)(H,17,18). The third kappa shape index (κ3) is 5.42. The van der Waals surface area contributed by atoms with E-state index >= 15 is 0 Å². The Kier molecular flexibility index (Phi) is 6.02. The maximum atomic E-state index is 11.7. The van der Waals surface area contributed by atoms with Crippen molar-refractivity contribution in [1.82, 2.24) is 5.32 Å². The van der Waals surface area contributed by atoms with Crippen LogP contribution in [0, 0.1) is 12.8 Å². The number of amides is 1. The molecule has 0 aromatic carbocycles. The molecule has 1 aromatic rings. The number of carbonyl (C=O) groups excluding carboxylic acids is 1. The molecule has 0 bridgehead atoms. The molecular weight excluding hydrogens is 262 g/mol. The highest BCUT2D eigenvalue weighted by molar-refractivity contribution is 7.11. The minimum absolute atomic E-state index is 0.0751. The molecule has 0 radical (unpaired) electrons. The molecule has 0 saturated carbocycles. The summed E-state index contributed by atoms with van der Waals surface area (Å²) in [5.74, 6) is -1.53. The van der Waals surface area contributed by atoms with Gasteiger partial charge in [-0.1, -0.05) is 0 Å². The number of carboxylic acids is 1. The van der Waals surface area contributed by atoms with Crippen molar-refractivity contribution in [3.63, 3.8) is 0 Å². The van der Waals surface area contributed by atoms with E-state index in [2.05, 4.69) is 24.4 Å². The van der Waals surface area contributed by atoms with Crippen LogP contribution >= 0.6 is 11.3 Å². The van der Waals surface area contributed by atoms with Crippen LogP contribution < -0.4 is 5.32 Å². The molecule has 0 saturated heterocycles. The van der Waals surface area contributed by atoms with Crippen LogP contribution in [0.25, 0.3) is 0 Å². The highest BCUT2D eigenvalue weighted by Gasteiger charge is 2.20. The molecule has 1 rings (SSSR count). The Labute approximate surface area is 117 Å². The summed E-state index contributed by atoms with van der Waals surface area (Å²) < 4.78 is 0. The summed E-state index contributed by atoms with van der Waals surface area (Å²) in [6.45, 7) is 5.39. The average molecular weight is 283 g/mol. The molecular formula is C14H21NO3S. The highest BCUT2D eigenvalue weighted by Crippen LogP contribution is 2.17. The second-order valence-corrected chi connectivity index (χ2v) is 6.22. The van der Waals surface area contributed by atoms with E-state index in [-0.39, 0.29) is 11.9 Å². The van der Waals surface area contributed by atoms with Gasteiger partial charge < -0.3 is 10.4 Å². The molecule has 106 valence electrons. The number of thiophene rings is 1. The zero-order valence-corrected chi connectivity index (χ0v) is 12.4. The van der Waals surface area contributed by atoms with Gasteiger partial charge in [-0.15, -0.1) is 11.3 Å². The van der Waals surface area contributed by atoms with Crippen LogP contribution in [0.5, 0.6) is 0 Å². The fraction of sp³-hybridized carbons (Fsp3) is 0.571. The molecule has 0 aliphatic rings. The van der Waals surface area contributed by atoms with Crippen molar-refractivity contribution in [3.05, 3.63) is 21.9 Å². The molecule has 0 spiro atoms. The first-order chi connectivity index (χ1) is 8.90. The van der Waals surface area contributed by atoms with Gasteiger partial charge in [0.15, 0.2) is 0 Å². The lowest BCUT2D eigenvalue weighted by atomic mass is 10.0. The molecule has 5 heteroatoms. The van der Waals surface area contributed by atoms with Crippen LogP contribution in [0.4, 0.5) is 0 Å². The lowest BCUT2D eigenvalue weighted by molar-refractivity contribution is -0.142. The first-order valence-corrected chi connectivity index (χ1v) is 7.29. The van der Waals surface area contributed by atoms with E-state index in [1.165, 1.54) is 9.75 Å². The van der Waals surface area contributed by atoms with Gasteiger partial charge in [-0.3, -0.25) is 9.59 Å². The zero-order valence-electron chi connectivity index (χ0n) is 11.6. The summed E-state index contributed by atoms with van der Waals surface area (Å²) in [6.07, 6.45) is 2.13. The van der Waals surface area contributed by atoms with Gasteiger partial charge in [-0.25, -0.2) is 0 Å². The number of carbonyl (C=O) groups is 2. The van der Waals surface area contributed by atoms with Crippen LogP contribution in [-0.2, 0) is 16.0 Å². The molecule has 1 aromatic heterocycles. The van der Waals surface area contributed by atoms with E-state index < -0.39 is 11.9 Å². The van der Waals surface area contributed by atoms with Gasteiger partial charge in [0.25, 0.3) is 0 Å². The second-order valence-electron chi connectivity index (χ2n) is 4.85. The van der Waals surface area contributed by atoms with Crippen molar-refractivity contribution in [3.8, 4) is 0 Å². The Balaban J connectivity index is 2.26. The minimum atomic E-state index is -0.887. The van der Waals surface area contributed by atoms with Crippen LogP contribution in [-0.4, -0.2) is 23.0 Å². The molecule has 2 unspecified atom stereocenters. The fourth-order valence-corrected chi connectivity index (χ4v) is 2.64. The Morgan fingerprint density at radius 3 is 2.58 bits per heavy atom. The zero-order chi connectivity index (χ0) is 14.4. The van der Waals surface area contributed by atoms with E-state index in [1.807, 2.05) is 0 Å². The number of carboxylic acid groups (broad SMARTS) is 1. The van der Waals surface area contributed by atoms with E-state index in [0.29, 0.717) is 6.42 Å². The molecule has 1 amide bonds. The largest absolute Gasteiger partial charge is 0.481 e. The molecule has 2 N–H and O–H groups in total. The molecule has 0 aliphatic carbocycles. The summed E-state index contributed by atoms with van der Waals surface area (Å²) in [5.41, 5.74) is 0. The number of rotatable bonds is 7. The van der Waals surface area contributed by atoms with Gasteiger partial charge in [-0.2, -0.15) is 0 Å². The van der Waals surface area contributed by atoms with E-state index in [4.69, 9.17) is 5.11 Å². The monoisotopic (exact) mass is 283 g/mol. The van der Waals surface area contributed by atoms with Gasteiger partial charge in [-0.05, 0) is 45.7 Å². The van der Waals surface area contributed by atoms with E-state index in [1.54, 1.807) is 25.2 Å². The van der Waals surface area contributed by atoms with Crippen LogP contribution in [0.1, 0.15) is 36.4 Å². The summed E-state index contributed by atoms with van der Waals surface area (Å²) in [5, 5.41) is 11.6. The van der Waals surface area contributed by atoms with Gasteiger partial charge in [0.05, 0.1) is 5.92 Å². The topological polar surface area (TPSA) is 66.4 Å². The number of hydrogen-bond donors (Lipinski definition) is 2. The predicted octanol–water partition coefficient (Wildman–Crippen LogP) is 2.60. The highest BCUT2D eigenvalue weighted by atomic mass is 32.1. The molecule has 0 fully saturated rings. The van der Waals surface area contributed by atoms with Crippen LogP contribution in [0.15, 0.2) is 12.1 Å². The maximum Gasteiger partial charge on any atom is 0.308 e. The van der Waals surface area contributed by atoms with Crippen molar-refractivity contribution in [2.24, 2.45) is 5.92 Å². The Morgan fingerprint density at radius 2 is 2.05 bits per heavy atom. The number of hydrogen-bond acceptors (Lipinski definition) is 3. The second kappa shape index (κ2) is 7.28. The van der Waals surface area contributed by atoms with E-state index in [0.717, 1.165) is 12.8 Å². The number of aryl methyl sites for hydroxylation is 2. The smallest absolute Gasteiger partial charge is 0.308 e. The summed E-state index contributed by atoms with van der Waals surface area (Å²) >= 11 is 1.75. The summed E-state index contributed by atoms with van der Waals surface area (Å²) in [4.78, 5) is 25.0. The third-order valence-corrected chi connectivity index (χ3v) is 4.21. The molecule has 2 atom stereocenters. The molecule has 19 heavy (non-hydrogen) atoms. The van der Waals surface area contributed by atoms with Crippen molar-refractivity contribution < 1.29 is 14.7 Å². The number of nitrogens with one attached hydrogen (secondary N) is 1. The quantitative estimate of drug-likeness (QED) is 0.808. The van der Waals surface area contributed by atoms with Crippen molar-refractivity contribution >= 4 is 23.2 Å². The Morgan fingerprint density at radius 1 is 1.37 bits per heavy atom. The summed E-state index contributed by atoms with van der Waals surface area (Å²) in [7, 11) is 0. The first-order valence-electron chi connectivity index (χ1n) is 6.47. The van der Waals surface area contributed by atoms with Gasteiger partial charge in [0, 0.05) is 22.2 Å². The van der Waals surface area contributed by atoms with Crippen molar-refractivity contribution in [2.75, 3.05) is 0 Å². The van der Waals surface area contributed by atoms with Gasteiger partial charge in [0.1, 0.15) is 0 Å². The third-order valence-electron chi connectivity index (χ3n) is 3.15. The SMILES string of the molecule is Cc1ccc(CCCC(=O)NC(C)C(C)C(=O)O)s1. The van der Waals surface area contributed by atoms with Gasteiger partial charge >= 0.3 is 5.97 Å². The van der Waals surface area contributed by atoms with Crippen molar-refractivity contribution in [2.45, 2.75) is 46.1 Å². The minimum Gasteiger partial charge on any atom is -0.481 e.